The van der Waals surface area contributed by atoms with Crippen molar-refractivity contribution in [1.82, 2.24) is 0 Å². The van der Waals surface area contributed by atoms with E-state index in [4.69, 9.17) is 21.1 Å². The van der Waals surface area contributed by atoms with E-state index in [9.17, 15) is 0 Å². The monoisotopic (exact) mass is 354 g/mol. The van der Waals surface area contributed by atoms with Gasteiger partial charge in [0.15, 0.2) is 0 Å². The van der Waals surface area contributed by atoms with E-state index >= 15 is 0 Å². The van der Waals surface area contributed by atoms with Crippen molar-refractivity contribution < 1.29 is 9.47 Å². The van der Waals surface area contributed by atoms with Crippen molar-refractivity contribution in [3.05, 3.63) is 59.1 Å². The van der Waals surface area contributed by atoms with E-state index in [2.05, 4.69) is 15.9 Å². The summed E-state index contributed by atoms with van der Waals surface area (Å²) in [7, 11) is 0. The number of hydrogen-bond acceptors (Lipinski definition) is 2. The lowest BCUT2D eigenvalue weighted by atomic mass is 10.2. The maximum absolute atomic E-state index is 6.14. The van der Waals surface area contributed by atoms with E-state index in [1.807, 2.05) is 48.5 Å². The van der Waals surface area contributed by atoms with Gasteiger partial charge in [-0.25, -0.2) is 0 Å². The molecule has 0 aromatic heterocycles. The highest BCUT2D eigenvalue weighted by molar-refractivity contribution is 9.08. The molecule has 0 atom stereocenters. The number of halogens is 2. The molecule has 0 radical (unpaired) electrons. The highest BCUT2D eigenvalue weighted by Crippen LogP contribution is 2.30. The maximum atomic E-state index is 6.14. The van der Waals surface area contributed by atoms with Crippen LogP contribution in [-0.4, -0.2) is 13.2 Å². The molecule has 0 amide bonds. The third-order valence-corrected chi connectivity index (χ3v) is 3.64. The first-order valence-electron chi connectivity index (χ1n) is 6.45. The van der Waals surface area contributed by atoms with Crippen LogP contribution in [0.15, 0.2) is 48.5 Å². The summed E-state index contributed by atoms with van der Waals surface area (Å²) in [4.78, 5) is 0. The summed E-state index contributed by atoms with van der Waals surface area (Å²) in [5.41, 5.74) is 1.06. The van der Waals surface area contributed by atoms with Crippen molar-refractivity contribution >= 4 is 27.5 Å². The van der Waals surface area contributed by atoms with E-state index in [1.54, 1.807) is 0 Å². The van der Waals surface area contributed by atoms with Gasteiger partial charge < -0.3 is 9.47 Å². The maximum Gasteiger partial charge on any atom is 0.141 e. The van der Waals surface area contributed by atoms with E-state index in [-0.39, 0.29) is 0 Å². The summed E-state index contributed by atoms with van der Waals surface area (Å²) in [5, 5.41) is 1.37. The van der Waals surface area contributed by atoms with Gasteiger partial charge >= 0.3 is 0 Å². The molecule has 0 N–H and O–H groups in total. The molecule has 2 aromatic rings. The Bertz CT molecular complexity index is 531. The van der Waals surface area contributed by atoms with Crippen LogP contribution in [0.3, 0.4) is 0 Å². The van der Waals surface area contributed by atoms with Gasteiger partial charge in [-0.1, -0.05) is 57.9 Å². The molecule has 0 fully saturated rings. The highest BCUT2D eigenvalue weighted by Gasteiger charge is 2.07. The first kappa shape index (κ1) is 15.2. The number of hydrogen-bond donors (Lipinski definition) is 0. The molecule has 0 spiro atoms. The van der Waals surface area contributed by atoms with Gasteiger partial charge in [0.1, 0.15) is 11.5 Å². The minimum atomic E-state index is 0.580. The van der Waals surface area contributed by atoms with Crippen molar-refractivity contribution in [2.75, 3.05) is 13.2 Å². The lowest BCUT2D eigenvalue weighted by Crippen LogP contribution is -2.06. The second kappa shape index (κ2) is 8.18. The minimum absolute atomic E-state index is 0.580. The second-order valence-corrected chi connectivity index (χ2v) is 5.19. The third kappa shape index (κ3) is 4.43. The Balaban J connectivity index is 1.76. The molecule has 0 bridgehead atoms. The third-order valence-electron chi connectivity index (χ3n) is 2.74. The molecule has 0 aliphatic carbocycles. The van der Waals surface area contributed by atoms with Gasteiger partial charge in [-0.2, -0.15) is 0 Å². The Hall–Kier alpha value is -1.19. The fourth-order valence-electron chi connectivity index (χ4n) is 1.76. The van der Waals surface area contributed by atoms with Crippen molar-refractivity contribution in [2.45, 2.75) is 11.8 Å². The molecule has 0 aliphatic rings. The summed E-state index contributed by atoms with van der Waals surface area (Å²) in [6.45, 7) is 1.20. The Morgan fingerprint density at radius 3 is 2.40 bits per heavy atom. The Labute approximate surface area is 132 Å². The Morgan fingerprint density at radius 2 is 1.65 bits per heavy atom. The molecule has 0 aliphatic heterocycles. The Morgan fingerprint density at radius 1 is 0.900 bits per heavy atom. The van der Waals surface area contributed by atoms with Crippen molar-refractivity contribution in [3.8, 4) is 11.5 Å². The van der Waals surface area contributed by atoms with Crippen LogP contribution in [0.5, 0.6) is 11.5 Å². The predicted octanol–water partition coefficient (Wildman–Crippen LogP) is 5.08. The van der Waals surface area contributed by atoms with Crippen LogP contribution in [-0.2, 0) is 5.33 Å². The van der Waals surface area contributed by atoms with Crippen LogP contribution in [0, 0.1) is 0 Å². The predicted molar refractivity (Wildman–Crippen MR) is 86.1 cm³/mol. The van der Waals surface area contributed by atoms with E-state index in [0.717, 1.165) is 28.8 Å². The fourth-order valence-corrected chi connectivity index (χ4v) is 2.45. The standard InChI is InChI=1S/C16H16BrClO2/c17-12-13-6-4-9-15(18)16(13)20-11-5-10-19-14-7-2-1-3-8-14/h1-4,6-9H,5,10-12H2. The lowest BCUT2D eigenvalue weighted by molar-refractivity contribution is 0.246. The van der Waals surface area contributed by atoms with Gasteiger partial charge in [-0.05, 0) is 18.2 Å². The van der Waals surface area contributed by atoms with Crippen LogP contribution in [0.1, 0.15) is 12.0 Å². The van der Waals surface area contributed by atoms with Gasteiger partial charge in [0.2, 0.25) is 0 Å². The fraction of sp³-hybridized carbons (Fsp3) is 0.250. The van der Waals surface area contributed by atoms with Crippen molar-refractivity contribution in [1.29, 1.82) is 0 Å². The van der Waals surface area contributed by atoms with Gasteiger partial charge in [0.05, 0.1) is 18.2 Å². The average Bonchev–Trinajstić information content (AvgIpc) is 2.49. The zero-order valence-corrected chi connectivity index (χ0v) is 13.4. The molecule has 0 saturated heterocycles. The number of ether oxygens (including phenoxy) is 2. The van der Waals surface area contributed by atoms with E-state index in [0.29, 0.717) is 18.2 Å². The SMILES string of the molecule is Clc1cccc(CBr)c1OCCCOc1ccccc1. The molecule has 106 valence electrons. The first-order chi connectivity index (χ1) is 9.81. The zero-order valence-electron chi connectivity index (χ0n) is 11.0. The van der Waals surface area contributed by atoms with Crippen LogP contribution < -0.4 is 9.47 Å². The van der Waals surface area contributed by atoms with Crippen LogP contribution in [0.4, 0.5) is 0 Å². The van der Waals surface area contributed by atoms with Crippen LogP contribution in [0.25, 0.3) is 0 Å². The summed E-state index contributed by atoms with van der Waals surface area (Å²) >= 11 is 9.57. The summed E-state index contributed by atoms with van der Waals surface area (Å²) in [6, 6.07) is 15.5. The van der Waals surface area contributed by atoms with Crippen LogP contribution in [0.2, 0.25) is 5.02 Å². The minimum Gasteiger partial charge on any atom is -0.493 e. The highest BCUT2D eigenvalue weighted by atomic mass is 79.9. The van der Waals surface area contributed by atoms with Crippen molar-refractivity contribution in [2.24, 2.45) is 0 Å². The number of para-hydroxylation sites is 2. The number of rotatable bonds is 7. The quantitative estimate of drug-likeness (QED) is 0.509. The van der Waals surface area contributed by atoms with E-state index in [1.165, 1.54) is 0 Å². The van der Waals surface area contributed by atoms with Gasteiger partial charge in [-0.15, -0.1) is 0 Å². The zero-order chi connectivity index (χ0) is 14.2. The molecule has 0 unspecified atom stereocenters. The summed E-state index contributed by atoms with van der Waals surface area (Å²) in [5.74, 6) is 1.64. The van der Waals surface area contributed by atoms with Gasteiger partial charge in [0, 0.05) is 17.3 Å². The Kier molecular flexibility index (Phi) is 6.22. The molecule has 2 aromatic carbocycles. The molecule has 0 saturated carbocycles. The molecule has 2 rings (SSSR count). The van der Waals surface area contributed by atoms with Crippen molar-refractivity contribution in [3.63, 3.8) is 0 Å². The average molecular weight is 356 g/mol. The molecule has 20 heavy (non-hydrogen) atoms. The summed E-state index contributed by atoms with van der Waals surface area (Å²) < 4.78 is 11.4. The number of alkyl halides is 1. The smallest absolute Gasteiger partial charge is 0.141 e. The molecule has 4 heteroatoms. The van der Waals surface area contributed by atoms with E-state index < -0.39 is 0 Å². The molecule has 0 heterocycles. The normalized spacial score (nSPS) is 10.3. The number of benzene rings is 2. The second-order valence-electron chi connectivity index (χ2n) is 4.23. The van der Waals surface area contributed by atoms with Gasteiger partial charge in [0.25, 0.3) is 0 Å². The molecular weight excluding hydrogens is 340 g/mol. The lowest BCUT2D eigenvalue weighted by Gasteiger charge is -2.12. The largest absolute Gasteiger partial charge is 0.493 e. The topological polar surface area (TPSA) is 18.5 Å². The van der Waals surface area contributed by atoms with Crippen LogP contribution >= 0.6 is 27.5 Å². The first-order valence-corrected chi connectivity index (χ1v) is 7.95. The molecule has 2 nitrogen and oxygen atoms in total. The molecular formula is C16H16BrClO2. The van der Waals surface area contributed by atoms with Gasteiger partial charge in [-0.3, -0.25) is 0 Å². The summed E-state index contributed by atoms with van der Waals surface area (Å²) in [6.07, 6.45) is 0.807.